The summed E-state index contributed by atoms with van der Waals surface area (Å²) in [5.41, 5.74) is 1.03. The van der Waals surface area contributed by atoms with Crippen molar-refractivity contribution in [1.29, 1.82) is 0 Å². The average Bonchev–Trinajstić information content (AvgIpc) is 0.833. The predicted molar refractivity (Wildman–Crippen MR) is 338 cm³/mol. The second kappa shape index (κ2) is 32.7. The standard InChI is InChI=1S/C61H76IN3O23S3/c1-11-63-35-27-81-40(25-39(35)76-6)86-53-48(69)45(65-88-41-24-36(66)55(31(5)82-41)90-57(73)42-28(2)44(62)51(54(79-9)50(42)77-7)87-58-49(70)52(78-8)47(68)30(4)84-58)29(3)83-59(53)85-38-16-14-12-13-15-22-61(75)26-37(67)46(64-60(74)80-10)43(38)34(61)21-23-89-91-33-19-17-32(18-20-33)56(71)72/h12-13,17-21,29-31,35-36,38-41,45,47-49,52-53,55,58-59,63,65-66,68-70,75H,11,23-27H2,1-10H3,(H,64,74)(H,71,72)/b13-12-,34-21+/t29-,30+,31-,35+,36+,38+,39+,40+,41+,45-,47+,48+,49-,52-,53-,55-,58+,59+,61+/m1/s1. The van der Waals surface area contributed by atoms with Gasteiger partial charge in [-0.2, -0.15) is 5.48 Å². The van der Waals surface area contributed by atoms with E-state index in [2.05, 4.69) is 39.8 Å². The minimum Gasteiger partial charge on any atom is -0.492 e. The molecule has 0 aromatic heterocycles. The van der Waals surface area contributed by atoms with Gasteiger partial charge in [0.2, 0.25) is 17.2 Å². The molecule has 0 spiro atoms. The highest BCUT2D eigenvalue weighted by molar-refractivity contribution is 14.1. The van der Waals surface area contributed by atoms with Gasteiger partial charge in [0.1, 0.15) is 36.6 Å². The molecule has 91 heavy (non-hydrogen) atoms. The smallest absolute Gasteiger partial charge is 0.411 e. The largest absolute Gasteiger partial charge is 0.492 e. The van der Waals surface area contributed by atoms with E-state index < -0.39 is 139 Å². The van der Waals surface area contributed by atoms with Gasteiger partial charge in [0.15, 0.2) is 41.8 Å². The number of Topliss-reactive ketones (excluding diaryl/α,β-unsaturated/α-hetero) is 1. The lowest BCUT2D eigenvalue weighted by atomic mass is 9.75. The first-order valence-electron chi connectivity index (χ1n) is 29.0. The van der Waals surface area contributed by atoms with Gasteiger partial charge in [0, 0.05) is 48.9 Å². The number of halogens is 1. The molecule has 2 aliphatic carbocycles. The molecule has 2 bridgehead atoms. The summed E-state index contributed by atoms with van der Waals surface area (Å²) >= 11 is 2.80. The van der Waals surface area contributed by atoms with Crippen LogP contribution in [0.4, 0.5) is 4.79 Å². The number of aliphatic hydroxyl groups excluding tert-OH is 4. The number of alkyl carbamates (subject to hydrolysis) is 1. The van der Waals surface area contributed by atoms with Crippen LogP contribution in [0.25, 0.3) is 0 Å². The lowest BCUT2D eigenvalue weighted by Crippen LogP contribution is -2.65. The molecule has 2 aromatic carbocycles. The third kappa shape index (κ3) is 16.7. The third-order valence-corrected chi connectivity index (χ3v) is 20.8. The number of fused-ring (bicyclic) bond motifs is 2. The Balaban J connectivity index is 1.03. The first-order chi connectivity index (χ1) is 43.5. The van der Waals surface area contributed by atoms with Crippen LogP contribution in [0.5, 0.6) is 17.2 Å². The number of ether oxygens (including phenoxy) is 12. The maximum absolute atomic E-state index is 14.5. The Bertz CT molecular complexity index is 3160. The highest BCUT2D eigenvalue weighted by Gasteiger charge is 2.52. The second-order valence-electron chi connectivity index (χ2n) is 21.7. The number of ketones is 1. The van der Waals surface area contributed by atoms with Crippen molar-refractivity contribution in [2.45, 2.75) is 174 Å². The zero-order valence-corrected chi connectivity index (χ0v) is 56.0. The third-order valence-electron chi connectivity index (χ3n) is 15.9. The Morgan fingerprint density at radius 1 is 0.846 bits per heavy atom. The number of hydrogen-bond acceptors (Lipinski definition) is 27. The summed E-state index contributed by atoms with van der Waals surface area (Å²) in [6.45, 7) is 9.29. The molecule has 4 saturated heterocycles. The minimum atomic E-state index is -2.16. The Hall–Kier alpha value is -4.60. The van der Waals surface area contributed by atoms with Crippen molar-refractivity contribution in [3.8, 4) is 40.9 Å². The lowest BCUT2D eigenvalue weighted by Gasteiger charge is -2.46. The predicted octanol–water partition coefficient (Wildman–Crippen LogP) is 3.68. The maximum Gasteiger partial charge on any atom is 0.411 e. The fourth-order valence-corrected chi connectivity index (χ4v) is 14.8. The number of carboxylic acid groups (broad SMARTS) is 1. The van der Waals surface area contributed by atoms with Crippen molar-refractivity contribution >= 4 is 78.9 Å². The van der Waals surface area contributed by atoms with Crippen LogP contribution in [0, 0.1) is 34.2 Å². The number of rotatable bonds is 23. The normalized spacial score (nSPS) is 34.0. The number of benzene rings is 2. The van der Waals surface area contributed by atoms with Crippen molar-refractivity contribution in [1.82, 2.24) is 16.1 Å². The van der Waals surface area contributed by atoms with Gasteiger partial charge in [-0.3, -0.25) is 19.7 Å². The van der Waals surface area contributed by atoms with Crippen LogP contribution in [0.15, 0.2) is 64.2 Å². The highest BCUT2D eigenvalue weighted by atomic mass is 127. The summed E-state index contributed by atoms with van der Waals surface area (Å²) in [6, 6.07) is 4.91. The number of nitrogens with one attached hydrogen (secondary N) is 3. The van der Waals surface area contributed by atoms with Gasteiger partial charge in [-0.1, -0.05) is 70.0 Å². The van der Waals surface area contributed by atoms with Crippen LogP contribution in [0.1, 0.15) is 73.2 Å². The fraction of sp³-hybridized carbons (Fsp3) is 0.574. The Morgan fingerprint density at radius 2 is 1.56 bits per heavy atom. The molecule has 498 valence electrons. The number of likely N-dealkylation sites (N-methyl/N-ethyl adjacent to an activating group) is 1. The highest BCUT2D eigenvalue weighted by Crippen LogP contribution is 2.49. The number of aliphatic hydroxyl groups is 5. The molecule has 30 heteroatoms. The topological polar surface area (TPSA) is 346 Å². The number of allylic oxidation sites excluding steroid dienone is 3. The first-order valence-corrected chi connectivity index (χ1v) is 33.3. The first kappa shape index (κ1) is 72.2. The van der Waals surface area contributed by atoms with Gasteiger partial charge in [-0.05, 0) is 98.8 Å². The van der Waals surface area contributed by atoms with Crippen LogP contribution >= 0.6 is 55.9 Å². The van der Waals surface area contributed by atoms with Crippen molar-refractivity contribution < 1.29 is 111 Å². The van der Waals surface area contributed by atoms with E-state index in [1.54, 1.807) is 53.0 Å². The molecule has 4 aliphatic heterocycles. The molecular formula is C61H76IN3O23S3. The Morgan fingerprint density at radius 3 is 2.22 bits per heavy atom. The van der Waals surface area contributed by atoms with E-state index in [4.69, 9.17) is 61.7 Å². The molecule has 19 atom stereocenters. The van der Waals surface area contributed by atoms with Gasteiger partial charge >= 0.3 is 12.1 Å². The summed E-state index contributed by atoms with van der Waals surface area (Å²) in [4.78, 5) is 60.2. The van der Waals surface area contributed by atoms with Crippen LogP contribution in [0.3, 0.4) is 0 Å². The van der Waals surface area contributed by atoms with Gasteiger partial charge in [0.05, 0.1) is 103 Å². The molecule has 4 fully saturated rings. The van der Waals surface area contributed by atoms with Gasteiger partial charge < -0.3 is 92.8 Å². The summed E-state index contributed by atoms with van der Waals surface area (Å²) in [5.74, 6) is 9.91. The fourth-order valence-electron chi connectivity index (χ4n) is 11.2. The molecule has 4 heterocycles. The molecule has 6 aliphatic rings. The summed E-state index contributed by atoms with van der Waals surface area (Å²) < 4.78 is 72.7. The number of hydrogen-bond donors (Lipinski definition) is 9. The van der Waals surface area contributed by atoms with E-state index in [1.165, 1.54) is 67.2 Å². The molecule has 0 radical (unpaired) electrons. The molecule has 0 saturated carbocycles. The number of thioether (sulfide) groups is 1. The zero-order chi connectivity index (χ0) is 66.0. The molecule has 8 rings (SSSR count). The minimum absolute atomic E-state index is 0.0130. The molecule has 0 unspecified atom stereocenters. The molecule has 9 N–H and O–H groups in total. The van der Waals surface area contributed by atoms with E-state index >= 15 is 0 Å². The van der Waals surface area contributed by atoms with Crippen molar-refractivity contribution in [2.24, 2.45) is 0 Å². The van der Waals surface area contributed by atoms with Crippen LogP contribution in [-0.2, 0) is 52.3 Å². The number of carbonyl (C=O) groups is 4. The molecule has 1 amide bonds. The average molecular weight is 1440 g/mol. The monoisotopic (exact) mass is 1440 g/mol. The second-order valence-corrected chi connectivity index (χ2v) is 26.4. The van der Waals surface area contributed by atoms with E-state index in [9.17, 15) is 49.8 Å². The number of carbonyl (C=O) groups excluding carboxylic acids is 3. The number of hydroxylamine groups is 1. The van der Waals surface area contributed by atoms with E-state index in [0.29, 0.717) is 15.7 Å². The van der Waals surface area contributed by atoms with Crippen LogP contribution in [-0.4, -0.2) is 223 Å². The number of amides is 1. The summed E-state index contributed by atoms with van der Waals surface area (Å²) in [7, 11) is 9.35. The van der Waals surface area contributed by atoms with Crippen LogP contribution < -0.4 is 30.3 Å². The summed E-state index contributed by atoms with van der Waals surface area (Å²) in [5, 5.41) is 72.4. The van der Waals surface area contributed by atoms with Gasteiger partial charge in [-0.25, -0.2) is 9.59 Å². The molecular weight excluding hydrogens is 1370 g/mol. The molecule has 26 nitrogen and oxygen atoms in total. The zero-order valence-electron chi connectivity index (χ0n) is 51.4. The molecule has 2 aromatic rings. The Kier molecular flexibility index (Phi) is 26.0. The van der Waals surface area contributed by atoms with E-state index in [1.807, 2.05) is 29.5 Å². The van der Waals surface area contributed by atoms with Gasteiger partial charge in [-0.15, -0.1) is 0 Å². The number of carboxylic acids is 1. The lowest BCUT2D eigenvalue weighted by molar-refractivity contribution is -0.336. The van der Waals surface area contributed by atoms with E-state index in [0.717, 1.165) is 23.8 Å². The van der Waals surface area contributed by atoms with Crippen LogP contribution in [0.2, 0.25) is 0 Å². The summed E-state index contributed by atoms with van der Waals surface area (Å²) in [6.07, 6.45) is -14.6. The van der Waals surface area contributed by atoms with Crippen molar-refractivity contribution in [2.75, 3.05) is 54.5 Å². The maximum atomic E-state index is 14.5. The SMILES string of the molecule is CCN[C@H]1CO[C@@H](O[C@H]2[C@H](O[C@H]3C#C/C=C\C#C[C@]4(O)CC(=O)C(NC(=O)OC)=C3/C4=C\CSSc3ccc(C(=O)O)cc3)O[C@H](C)[C@@H](NO[C@H]3C[C@H](O)[C@H](SC(=O)c4c(C)c(I)c(O[C@@H]5O[C@@H](C)[C@H](O)[C@@H](OC)[C@H]5O)c(OC)c4OC)[C@@H](C)O3)[C@@H]2O)C[C@@H]1OC. The quantitative estimate of drug-likeness (QED) is 0.0252. The number of aromatic carboxylic acids is 1. The number of methoxy groups -OCH3 is 5. The van der Waals surface area contributed by atoms with Gasteiger partial charge in [0.25, 0.3) is 0 Å². The van der Waals surface area contributed by atoms with Crippen molar-refractivity contribution in [3.05, 3.63) is 79.6 Å². The van der Waals surface area contributed by atoms with E-state index in [-0.39, 0.29) is 76.5 Å². The van der Waals surface area contributed by atoms with Crippen molar-refractivity contribution in [3.63, 3.8) is 0 Å². The Labute approximate surface area is 552 Å².